The summed E-state index contributed by atoms with van der Waals surface area (Å²) >= 11 is 6.02. The number of nitrogens with one attached hydrogen (secondary N) is 1. The zero-order valence-electron chi connectivity index (χ0n) is 11.5. The first-order chi connectivity index (χ1) is 9.67. The Morgan fingerprint density at radius 2 is 2.00 bits per heavy atom. The van der Waals surface area contributed by atoms with Crippen LogP contribution in [-0.4, -0.2) is 28.0 Å². The van der Waals surface area contributed by atoms with Crippen molar-refractivity contribution >= 4 is 34.6 Å². The van der Waals surface area contributed by atoms with Crippen molar-refractivity contribution in [2.75, 3.05) is 29.0 Å². The third-order valence-corrected chi connectivity index (χ3v) is 3.24. The van der Waals surface area contributed by atoms with Crippen LogP contribution < -0.4 is 16.0 Å². The van der Waals surface area contributed by atoms with Crippen molar-refractivity contribution in [3.05, 3.63) is 29.8 Å². The Bertz CT molecular complexity index is 585. The van der Waals surface area contributed by atoms with E-state index < -0.39 is 0 Å². The first-order valence-electron chi connectivity index (χ1n) is 6.40. The van der Waals surface area contributed by atoms with E-state index in [2.05, 4.69) is 39.0 Å². The minimum atomic E-state index is 0.370. The van der Waals surface area contributed by atoms with Gasteiger partial charge in [-0.1, -0.05) is 11.6 Å². The van der Waals surface area contributed by atoms with E-state index in [0.717, 1.165) is 13.1 Å². The van der Waals surface area contributed by atoms with Gasteiger partial charge in [-0.25, -0.2) is 15.0 Å². The van der Waals surface area contributed by atoms with Gasteiger partial charge >= 0.3 is 0 Å². The van der Waals surface area contributed by atoms with Crippen molar-refractivity contribution in [2.45, 2.75) is 13.8 Å². The molecule has 0 unspecified atom stereocenters. The SMILES string of the molecule is CCN(CC)c1ncnc(Nc2cccnc2Cl)c1N. The molecule has 0 aliphatic rings. The average molecular weight is 293 g/mol. The lowest BCUT2D eigenvalue weighted by atomic mass is 10.3. The minimum absolute atomic E-state index is 0.370. The van der Waals surface area contributed by atoms with E-state index in [1.807, 2.05) is 6.07 Å². The van der Waals surface area contributed by atoms with Crippen molar-refractivity contribution in [1.29, 1.82) is 0 Å². The summed E-state index contributed by atoms with van der Waals surface area (Å²) < 4.78 is 0. The highest BCUT2D eigenvalue weighted by Gasteiger charge is 2.13. The molecule has 0 amide bonds. The van der Waals surface area contributed by atoms with Crippen LogP contribution in [0.3, 0.4) is 0 Å². The zero-order valence-corrected chi connectivity index (χ0v) is 12.2. The Hall–Kier alpha value is -2.08. The number of hydrogen-bond acceptors (Lipinski definition) is 6. The zero-order chi connectivity index (χ0) is 14.5. The molecule has 0 saturated carbocycles. The Balaban J connectivity index is 2.34. The van der Waals surface area contributed by atoms with E-state index in [1.54, 1.807) is 12.3 Å². The van der Waals surface area contributed by atoms with Gasteiger partial charge in [-0.05, 0) is 26.0 Å². The van der Waals surface area contributed by atoms with E-state index in [9.17, 15) is 0 Å². The van der Waals surface area contributed by atoms with Crippen LogP contribution in [0.1, 0.15) is 13.8 Å². The molecule has 2 aromatic rings. The topological polar surface area (TPSA) is 80.0 Å². The van der Waals surface area contributed by atoms with Crippen LogP contribution >= 0.6 is 11.6 Å². The second kappa shape index (κ2) is 6.38. The van der Waals surface area contributed by atoms with Gasteiger partial charge in [0.25, 0.3) is 0 Å². The molecule has 0 aliphatic carbocycles. The largest absolute Gasteiger partial charge is 0.393 e. The summed E-state index contributed by atoms with van der Waals surface area (Å²) in [6, 6.07) is 3.60. The lowest BCUT2D eigenvalue weighted by molar-refractivity contribution is 0.844. The van der Waals surface area contributed by atoms with E-state index in [0.29, 0.717) is 28.2 Å². The van der Waals surface area contributed by atoms with Crippen LogP contribution in [-0.2, 0) is 0 Å². The molecule has 0 atom stereocenters. The molecule has 0 spiro atoms. The van der Waals surface area contributed by atoms with Gasteiger partial charge in [0.1, 0.15) is 12.0 Å². The van der Waals surface area contributed by atoms with Gasteiger partial charge in [0.15, 0.2) is 16.8 Å². The van der Waals surface area contributed by atoms with E-state index in [1.165, 1.54) is 6.33 Å². The minimum Gasteiger partial charge on any atom is -0.393 e. The van der Waals surface area contributed by atoms with Crippen LogP contribution in [0.25, 0.3) is 0 Å². The molecule has 0 bridgehead atoms. The standard InChI is InChI=1S/C13H17ClN6/c1-3-20(4-2)13-10(15)12(17-8-18-13)19-9-6-5-7-16-11(9)14/h5-8H,3-4,15H2,1-2H3,(H,17,18,19). The fourth-order valence-electron chi connectivity index (χ4n) is 1.87. The molecule has 3 N–H and O–H groups in total. The number of halogens is 1. The smallest absolute Gasteiger partial charge is 0.159 e. The van der Waals surface area contributed by atoms with Crippen molar-refractivity contribution in [3.8, 4) is 0 Å². The number of hydrogen-bond donors (Lipinski definition) is 2. The van der Waals surface area contributed by atoms with Crippen molar-refractivity contribution < 1.29 is 0 Å². The highest BCUT2D eigenvalue weighted by atomic mass is 35.5. The maximum atomic E-state index is 6.14. The third-order valence-electron chi connectivity index (χ3n) is 2.94. The van der Waals surface area contributed by atoms with E-state index in [-0.39, 0.29) is 0 Å². The molecule has 2 heterocycles. The van der Waals surface area contributed by atoms with Gasteiger partial charge in [-0.3, -0.25) is 0 Å². The van der Waals surface area contributed by atoms with E-state index in [4.69, 9.17) is 17.3 Å². The third kappa shape index (κ3) is 2.91. The molecule has 0 aromatic carbocycles. The summed E-state index contributed by atoms with van der Waals surface area (Å²) in [4.78, 5) is 14.5. The molecule has 6 nitrogen and oxygen atoms in total. The van der Waals surface area contributed by atoms with Crippen molar-refractivity contribution in [2.24, 2.45) is 0 Å². The predicted octanol–water partition coefficient (Wildman–Crippen LogP) is 2.70. The van der Waals surface area contributed by atoms with Gasteiger partial charge in [0.05, 0.1) is 5.69 Å². The van der Waals surface area contributed by atoms with Crippen LogP contribution in [0, 0.1) is 0 Å². The molecule has 0 aliphatic heterocycles. The summed E-state index contributed by atoms with van der Waals surface area (Å²) in [5, 5.41) is 3.46. The van der Waals surface area contributed by atoms with Crippen LogP contribution in [0.4, 0.5) is 23.0 Å². The Morgan fingerprint density at radius 3 is 2.65 bits per heavy atom. The number of nitrogen functional groups attached to an aromatic ring is 1. The van der Waals surface area contributed by atoms with Gasteiger partial charge < -0.3 is 16.0 Å². The monoisotopic (exact) mass is 292 g/mol. The number of nitrogens with two attached hydrogens (primary N) is 1. The molecule has 0 saturated heterocycles. The molecule has 2 aromatic heterocycles. The molecule has 20 heavy (non-hydrogen) atoms. The second-order valence-corrected chi connectivity index (χ2v) is 4.46. The fraction of sp³-hybridized carbons (Fsp3) is 0.308. The average Bonchev–Trinajstić information content (AvgIpc) is 2.46. The molecule has 2 rings (SSSR count). The van der Waals surface area contributed by atoms with Crippen LogP contribution in [0.2, 0.25) is 5.15 Å². The summed E-state index contributed by atoms with van der Waals surface area (Å²) in [6.45, 7) is 5.75. The summed E-state index contributed by atoms with van der Waals surface area (Å²) in [5.74, 6) is 1.24. The highest BCUT2D eigenvalue weighted by Crippen LogP contribution is 2.30. The van der Waals surface area contributed by atoms with Crippen LogP contribution in [0.15, 0.2) is 24.7 Å². The van der Waals surface area contributed by atoms with Gasteiger partial charge in [-0.2, -0.15) is 0 Å². The first-order valence-corrected chi connectivity index (χ1v) is 6.78. The molecular weight excluding hydrogens is 276 g/mol. The first kappa shape index (κ1) is 14.3. The van der Waals surface area contributed by atoms with Gasteiger partial charge in [0, 0.05) is 19.3 Å². The van der Waals surface area contributed by atoms with Crippen LogP contribution in [0.5, 0.6) is 0 Å². The maximum absolute atomic E-state index is 6.14. The molecule has 7 heteroatoms. The second-order valence-electron chi connectivity index (χ2n) is 4.10. The highest BCUT2D eigenvalue weighted by molar-refractivity contribution is 6.32. The lowest BCUT2D eigenvalue weighted by Crippen LogP contribution is -2.24. The Labute approximate surface area is 123 Å². The molecule has 0 radical (unpaired) electrons. The number of nitrogens with zero attached hydrogens (tertiary/aromatic N) is 4. The lowest BCUT2D eigenvalue weighted by Gasteiger charge is -2.22. The quantitative estimate of drug-likeness (QED) is 0.825. The van der Waals surface area contributed by atoms with Crippen molar-refractivity contribution in [3.63, 3.8) is 0 Å². The van der Waals surface area contributed by atoms with Gasteiger partial charge in [-0.15, -0.1) is 0 Å². The number of anilines is 4. The summed E-state index contributed by atoms with van der Waals surface area (Å²) in [5.41, 5.74) is 7.29. The summed E-state index contributed by atoms with van der Waals surface area (Å²) in [7, 11) is 0. The number of pyridine rings is 1. The molecule has 106 valence electrons. The molecule has 0 fully saturated rings. The molecular formula is C13H17ClN6. The normalized spacial score (nSPS) is 10.3. The fourth-order valence-corrected chi connectivity index (χ4v) is 2.03. The number of rotatable bonds is 5. The maximum Gasteiger partial charge on any atom is 0.159 e. The van der Waals surface area contributed by atoms with Gasteiger partial charge in [0.2, 0.25) is 0 Å². The number of aromatic nitrogens is 3. The summed E-state index contributed by atoms with van der Waals surface area (Å²) in [6.07, 6.45) is 3.11. The Kier molecular flexibility index (Phi) is 4.57. The van der Waals surface area contributed by atoms with Crippen molar-refractivity contribution in [1.82, 2.24) is 15.0 Å². The predicted molar refractivity (Wildman–Crippen MR) is 82.5 cm³/mol. The van der Waals surface area contributed by atoms with E-state index >= 15 is 0 Å². The Morgan fingerprint density at radius 1 is 1.25 bits per heavy atom.